The van der Waals surface area contributed by atoms with Crippen molar-refractivity contribution in [2.45, 2.75) is 20.0 Å². The van der Waals surface area contributed by atoms with Crippen molar-refractivity contribution in [3.8, 4) is 28.5 Å². The van der Waals surface area contributed by atoms with Gasteiger partial charge in [0.15, 0.2) is 0 Å². The van der Waals surface area contributed by atoms with Gasteiger partial charge in [-0.1, -0.05) is 35.9 Å². The monoisotopic (exact) mass is 367 g/mol. The molecule has 3 rings (SSSR count). The number of anilines is 1. The van der Waals surface area contributed by atoms with E-state index in [0.29, 0.717) is 11.3 Å². The van der Waals surface area contributed by atoms with Crippen molar-refractivity contribution in [2.75, 3.05) is 5.73 Å². The number of pyridine rings is 1. The van der Waals surface area contributed by atoms with E-state index >= 15 is 0 Å². The third kappa shape index (κ3) is 3.63. The molecule has 0 atom stereocenters. The van der Waals surface area contributed by atoms with Gasteiger partial charge in [0.05, 0.1) is 11.3 Å². The molecule has 2 N–H and O–H groups in total. The van der Waals surface area contributed by atoms with E-state index in [9.17, 15) is 18.4 Å². The molecule has 3 aromatic rings. The molecule has 0 spiro atoms. The maximum atomic E-state index is 13.1. The van der Waals surface area contributed by atoms with Crippen LogP contribution in [-0.4, -0.2) is 4.98 Å². The Balaban J connectivity index is 2.24. The Morgan fingerprint density at radius 1 is 1.00 bits per heavy atom. The van der Waals surface area contributed by atoms with Gasteiger partial charge in [0.25, 0.3) is 0 Å². The molecule has 0 radical (unpaired) electrons. The predicted molar refractivity (Wildman–Crippen MR) is 98.7 cm³/mol. The molecule has 0 fully saturated rings. The van der Waals surface area contributed by atoms with Crippen LogP contribution >= 0.6 is 0 Å². The Hall–Kier alpha value is -3.33. The average molecular weight is 367 g/mol. The summed E-state index contributed by atoms with van der Waals surface area (Å²) in [4.78, 5) is 4.30. The van der Waals surface area contributed by atoms with Gasteiger partial charge in [-0.05, 0) is 43.2 Å². The largest absolute Gasteiger partial charge is 0.416 e. The molecular weight excluding hydrogens is 351 g/mol. The lowest BCUT2D eigenvalue weighted by molar-refractivity contribution is -0.137. The van der Waals surface area contributed by atoms with Crippen molar-refractivity contribution in [1.29, 1.82) is 5.26 Å². The third-order valence-electron chi connectivity index (χ3n) is 4.32. The summed E-state index contributed by atoms with van der Waals surface area (Å²) in [7, 11) is 0. The van der Waals surface area contributed by atoms with E-state index in [4.69, 9.17) is 5.73 Å². The van der Waals surface area contributed by atoms with E-state index in [2.05, 4.69) is 4.98 Å². The van der Waals surface area contributed by atoms with Gasteiger partial charge < -0.3 is 5.73 Å². The summed E-state index contributed by atoms with van der Waals surface area (Å²) < 4.78 is 39.2. The molecule has 0 aliphatic rings. The highest BCUT2D eigenvalue weighted by molar-refractivity contribution is 5.81. The van der Waals surface area contributed by atoms with Gasteiger partial charge in [0.1, 0.15) is 17.5 Å². The summed E-state index contributed by atoms with van der Waals surface area (Å²) in [6.45, 7) is 3.88. The topological polar surface area (TPSA) is 62.7 Å². The lowest BCUT2D eigenvalue weighted by Gasteiger charge is -2.13. The molecule has 27 heavy (non-hydrogen) atoms. The molecule has 0 aliphatic heterocycles. The molecule has 136 valence electrons. The molecule has 3 nitrogen and oxygen atoms in total. The van der Waals surface area contributed by atoms with Crippen LogP contribution in [0, 0.1) is 25.2 Å². The fourth-order valence-electron chi connectivity index (χ4n) is 3.01. The van der Waals surface area contributed by atoms with Crippen LogP contribution in [0.5, 0.6) is 0 Å². The predicted octanol–water partition coefficient (Wildman–Crippen LogP) is 5.51. The first kappa shape index (κ1) is 18.5. The zero-order valence-corrected chi connectivity index (χ0v) is 14.7. The summed E-state index contributed by atoms with van der Waals surface area (Å²) >= 11 is 0. The first-order chi connectivity index (χ1) is 12.7. The Morgan fingerprint density at radius 2 is 1.74 bits per heavy atom. The molecule has 0 bridgehead atoms. The van der Waals surface area contributed by atoms with Gasteiger partial charge >= 0.3 is 6.18 Å². The minimum absolute atomic E-state index is 0.0117. The van der Waals surface area contributed by atoms with Crippen LogP contribution in [0.15, 0.2) is 48.5 Å². The normalized spacial score (nSPS) is 11.3. The quantitative estimate of drug-likeness (QED) is 0.650. The summed E-state index contributed by atoms with van der Waals surface area (Å²) in [5.74, 6) is -0.0117. The van der Waals surface area contributed by atoms with Crippen molar-refractivity contribution in [1.82, 2.24) is 4.98 Å². The van der Waals surface area contributed by atoms with Crippen LogP contribution in [-0.2, 0) is 6.18 Å². The minimum Gasteiger partial charge on any atom is -0.383 e. The number of nitrogens with two attached hydrogens (primary N) is 1. The number of alkyl halides is 3. The highest BCUT2D eigenvalue weighted by Gasteiger charge is 2.30. The maximum absolute atomic E-state index is 13.1. The molecule has 6 heteroatoms. The molecule has 0 saturated heterocycles. The van der Waals surface area contributed by atoms with E-state index in [0.717, 1.165) is 28.8 Å². The summed E-state index contributed by atoms with van der Waals surface area (Å²) in [6.07, 6.45) is -4.47. The van der Waals surface area contributed by atoms with E-state index in [-0.39, 0.29) is 16.9 Å². The number of halogens is 3. The van der Waals surface area contributed by atoms with Gasteiger partial charge in [-0.2, -0.15) is 18.4 Å². The summed E-state index contributed by atoms with van der Waals surface area (Å²) in [5, 5.41) is 9.45. The number of hydrogen-bond donors (Lipinski definition) is 1. The number of rotatable bonds is 2. The van der Waals surface area contributed by atoms with E-state index in [1.54, 1.807) is 6.07 Å². The lowest BCUT2D eigenvalue weighted by Crippen LogP contribution is -2.05. The highest BCUT2D eigenvalue weighted by atomic mass is 19.4. The van der Waals surface area contributed by atoms with Crippen molar-refractivity contribution in [3.63, 3.8) is 0 Å². The van der Waals surface area contributed by atoms with Crippen molar-refractivity contribution in [2.24, 2.45) is 0 Å². The fraction of sp³-hybridized carbons (Fsp3) is 0.143. The highest BCUT2D eigenvalue weighted by Crippen LogP contribution is 2.36. The molecule has 0 amide bonds. The van der Waals surface area contributed by atoms with Crippen LogP contribution in [0.3, 0.4) is 0 Å². The SMILES string of the molecule is Cc1ccc(-c2cc(-c3cccc(C(F)(F)F)c3)c(C#N)c(N)n2)c(C)c1. The molecule has 0 saturated carbocycles. The molecule has 1 heterocycles. The standard InChI is InChI=1S/C21H16F3N3/c1-12-6-7-16(13(2)8-12)19-10-17(18(11-25)20(26)27-19)14-4-3-5-15(9-14)21(22,23)24/h3-10H,1-2H3,(H2,26,27). The Labute approximate surface area is 154 Å². The third-order valence-corrected chi connectivity index (χ3v) is 4.32. The number of nitrogens with zero attached hydrogens (tertiary/aromatic N) is 2. The van der Waals surface area contributed by atoms with E-state index in [1.165, 1.54) is 12.1 Å². The number of aromatic nitrogens is 1. The second kappa shape index (κ2) is 6.76. The minimum atomic E-state index is -4.47. The Bertz CT molecular complexity index is 1060. The van der Waals surface area contributed by atoms with Crippen LogP contribution in [0.1, 0.15) is 22.3 Å². The van der Waals surface area contributed by atoms with Gasteiger partial charge in [0.2, 0.25) is 0 Å². The molecule has 0 aliphatic carbocycles. The van der Waals surface area contributed by atoms with Crippen LogP contribution in [0.4, 0.5) is 19.0 Å². The summed E-state index contributed by atoms with van der Waals surface area (Å²) in [5.41, 5.74) is 9.18. The number of hydrogen-bond acceptors (Lipinski definition) is 3. The van der Waals surface area contributed by atoms with Crippen LogP contribution in [0.25, 0.3) is 22.4 Å². The lowest BCUT2D eigenvalue weighted by atomic mass is 9.95. The van der Waals surface area contributed by atoms with Gasteiger partial charge in [-0.25, -0.2) is 4.98 Å². The number of nitriles is 1. The fourth-order valence-corrected chi connectivity index (χ4v) is 3.01. The second-order valence-corrected chi connectivity index (χ2v) is 6.32. The molecule has 0 unspecified atom stereocenters. The zero-order valence-electron chi connectivity index (χ0n) is 14.7. The maximum Gasteiger partial charge on any atom is 0.416 e. The van der Waals surface area contributed by atoms with Crippen LogP contribution < -0.4 is 5.73 Å². The van der Waals surface area contributed by atoms with Gasteiger partial charge in [-0.15, -0.1) is 0 Å². The molecule has 1 aromatic heterocycles. The first-order valence-corrected chi connectivity index (χ1v) is 8.16. The molecular formula is C21H16F3N3. The van der Waals surface area contributed by atoms with Crippen molar-refractivity contribution in [3.05, 3.63) is 70.8 Å². The first-order valence-electron chi connectivity index (χ1n) is 8.16. The smallest absolute Gasteiger partial charge is 0.383 e. The van der Waals surface area contributed by atoms with E-state index in [1.807, 2.05) is 38.1 Å². The van der Waals surface area contributed by atoms with Crippen molar-refractivity contribution < 1.29 is 13.2 Å². The Kier molecular flexibility index (Phi) is 4.63. The van der Waals surface area contributed by atoms with E-state index < -0.39 is 11.7 Å². The van der Waals surface area contributed by atoms with Gasteiger partial charge in [-0.3, -0.25) is 0 Å². The van der Waals surface area contributed by atoms with Gasteiger partial charge in [0, 0.05) is 11.1 Å². The molecule has 2 aromatic carbocycles. The Morgan fingerprint density at radius 3 is 2.37 bits per heavy atom. The van der Waals surface area contributed by atoms with Crippen LogP contribution in [0.2, 0.25) is 0 Å². The second-order valence-electron chi connectivity index (χ2n) is 6.32. The number of aryl methyl sites for hydroxylation is 2. The van der Waals surface area contributed by atoms with Crippen molar-refractivity contribution >= 4 is 5.82 Å². The number of nitrogen functional groups attached to an aromatic ring is 1. The number of benzene rings is 2. The zero-order chi connectivity index (χ0) is 19.8. The summed E-state index contributed by atoms with van der Waals surface area (Å²) in [6, 6.07) is 14.2. The average Bonchev–Trinajstić information content (AvgIpc) is 2.60.